The number of hydrogen-bond acceptors (Lipinski definition) is 3. The Morgan fingerprint density at radius 2 is 2.28 bits per heavy atom. The topological polar surface area (TPSA) is 77.1 Å². The largest absolute Gasteiger partial charge is 0.478 e. The Morgan fingerprint density at radius 1 is 1.50 bits per heavy atom. The van der Waals surface area contributed by atoms with Crippen LogP contribution >= 0.6 is 0 Å². The van der Waals surface area contributed by atoms with Crippen molar-refractivity contribution in [2.24, 2.45) is 0 Å². The van der Waals surface area contributed by atoms with Crippen LogP contribution in [-0.2, 0) is 13.1 Å². The van der Waals surface area contributed by atoms with Crippen molar-refractivity contribution in [3.8, 4) is 0 Å². The van der Waals surface area contributed by atoms with Gasteiger partial charge in [0.2, 0.25) is 0 Å². The molecular weight excluding hydrogens is 234 g/mol. The lowest BCUT2D eigenvalue weighted by Gasteiger charge is -2.03. The van der Waals surface area contributed by atoms with Gasteiger partial charge in [-0.05, 0) is 13.0 Å². The molecule has 0 radical (unpaired) electrons. The predicted octanol–water partition coefficient (Wildman–Crippen LogP) is 0.811. The summed E-state index contributed by atoms with van der Waals surface area (Å²) in [6.07, 6.45) is 5.04. The molecule has 6 heteroatoms. The normalized spacial score (nSPS) is 10.5. The van der Waals surface area contributed by atoms with E-state index in [2.05, 4.69) is 5.10 Å². The third-order valence-corrected chi connectivity index (χ3v) is 2.61. The molecular formula is C12H13N3O3. The minimum Gasteiger partial charge on any atom is -0.478 e. The first-order valence-electron chi connectivity index (χ1n) is 5.55. The number of carbonyl (C=O) groups is 1. The second kappa shape index (κ2) is 4.87. The number of aryl methyl sites for hydroxylation is 1. The lowest BCUT2D eigenvalue weighted by Crippen LogP contribution is -2.20. The van der Waals surface area contributed by atoms with Crippen LogP contribution in [0.1, 0.15) is 22.8 Å². The molecule has 0 atom stereocenters. The Hall–Kier alpha value is -2.37. The summed E-state index contributed by atoms with van der Waals surface area (Å²) in [6.45, 7) is 3.14. The molecule has 6 nitrogen and oxygen atoms in total. The Bertz CT molecular complexity index is 627. The van der Waals surface area contributed by atoms with Crippen LogP contribution in [0.5, 0.6) is 0 Å². The molecule has 18 heavy (non-hydrogen) atoms. The maximum atomic E-state index is 11.7. The smallest absolute Gasteiger partial charge is 0.335 e. The second-order valence-corrected chi connectivity index (χ2v) is 3.89. The summed E-state index contributed by atoms with van der Waals surface area (Å²) in [7, 11) is 0. The number of aromatic carboxylic acids is 1. The van der Waals surface area contributed by atoms with Gasteiger partial charge in [0, 0.05) is 30.6 Å². The van der Waals surface area contributed by atoms with E-state index in [9.17, 15) is 9.59 Å². The molecule has 0 bridgehead atoms. The summed E-state index contributed by atoms with van der Waals surface area (Å²) in [5, 5.41) is 12.9. The van der Waals surface area contributed by atoms with E-state index in [0.717, 1.165) is 18.2 Å². The number of nitrogens with zero attached hydrogens (tertiary/aromatic N) is 3. The predicted molar refractivity (Wildman–Crippen MR) is 64.7 cm³/mol. The third kappa shape index (κ3) is 2.48. The van der Waals surface area contributed by atoms with Crippen LogP contribution in [0.2, 0.25) is 0 Å². The fourth-order valence-electron chi connectivity index (χ4n) is 1.63. The average molecular weight is 247 g/mol. The first-order chi connectivity index (χ1) is 8.60. The Labute approximate surface area is 103 Å². The average Bonchev–Trinajstić information content (AvgIpc) is 2.79. The van der Waals surface area contributed by atoms with Crippen LogP contribution < -0.4 is 5.56 Å². The van der Waals surface area contributed by atoms with Crippen LogP contribution in [-0.4, -0.2) is 25.4 Å². The molecule has 0 saturated heterocycles. The van der Waals surface area contributed by atoms with Crippen LogP contribution in [0.25, 0.3) is 0 Å². The fraction of sp³-hybridized carbons (Fsp3) is 0.250. The summed E-state index contributed by atoms with van der Waals surface area (Å²) in [6, 6.07) is 2.53. The highest BCUT2D eigenvalue weighted by atomic mass is 16.4. The summed E-state index contributed by atoms with van der Waals surface area (Å²) >= 11 is 0. The van der Waals surface area contributed by atoms with Gasteiger partial charge in [0.15, 0.2) is 0 Å². The fourth-order valence-corrected chi connectivity index (χ4v) is 1.63. The zero-order valence-corrected chi connectivity index (χ0v) is 9.91. The van der Waals surface area contributed by atoms with Crippen molar-refractivity contribution in [3.63, 3.8) is 0 Å². The molecule has 94 valence electrons. The molecule has 0 saturated carbocycles. The Balaban J connectivity index is 2.24. The number of pyridine rings is 1. The molecule has 2 aromatic heterocycles. The lowest BCUT2D eigenvalue weighted by molar-refractivity contribution is 0.0696. The molecule has 0 aliphatic rings. The van der Waals surface area contributed by atoms with Gasteiger partial charge in [0.1, 0.15) is 0 Å². The lowest BCUT2D eigenvalue weighted by atomic mass is 10.2. The van der Waals surface area contributed by atoms with Crippen molar-refractivity contribution in [2.45, 2.75) is 20.0 Å². The summed E-state index contributed by atoms with van der Waals surface area (Å²) < 4.78 is 3.22. The van der Waals surface area contributed by atoms with E-state index >= 15 is 0 Å². The molecule has 0 aliphatic heterocycles. The van der Waals surface area contributed by atoms with E-state index in [-0.39, 0.29) is 11.1 Å². The van der Waals surface area contributed by atoms with E-state index in [1.165, 1.54) is 16.8 Å². The summed E-state index contributed by atoms with van der Waals surface area (Å²) in [5.41, 5.74) is 0.571. The number of carboxylic acids is 1. The van der Waals surface area contributed by atoms with Gasteiger partial charge in [-0.25, -0.2) is 4.79 Å². The standard InChI is InChI=1S/C12H13N3O3/c1-2-15-8-9(6-13-15)7-14-4-3-10(12(17)18)5-11(14)16/h3-6,8H,2,7H2,1H3,(H,17,18). The molecule has 0 unspecified atom stereocenters. The molecule has 2 rings (SSSR count). The Kier molecular flexibility index (Phi) is 3.27. The highest BCUT2D eigenvalue weighted by Gasteiger charge is 2.06. The van der Waals surface area contributed by atoms with E-state index in [1.807, 2.05) is 13.1 Å². The van der Waals surface area contributed by atoms with Crippen molar-refractivity contribution >= 4 is 5.97 Å². The molecule has 0 amide bonds. The van der Waals surface area contributed by atoms with Crippen LogP contribution in [0.3, 0.4) is 0 Å². The number of hydrogen-bond donors (Lipinski definition) is 1. The maximum Gasteiger partial charge on any atom is 0.335 e. The van der Waals surface area contributed by atoms with Crippen LogP contribution in [0.15, 0.2) is 35.5 Å². The van der Waals surface area contributed by atoms with Crippen LogP contribution in [0, 0.1) is 0 Å². The van der Waals surface area contributed by atoms with Gasteiger partial charge in [-0.3, -0.25) is 9.48 Å². The Morgan fingerprint density at radius 3 is 2.83 bits per heavy atom. The van der Waals surface area contributed by atoms with Crippen molar-refractivity contribution in [3.05, 3.63) is 52.2 Å². The van der Waals surface area contributed by atoms with Gasteiger partial charge in [-0.2, -0.15) is 5.10 Å². The molecule has 0 fully saturated rings. The highest BCUT2D eigenvalue weighted by molar-refractivity contribution is 5.87. The summed E-state index contributed by atoms with van der Waals surface area (Å²) in [5.74, 6) is -1.10. The second-order valence-electron chi connectivity index (χ2n) is 3.89. The zero-order valence-electron chi connectivity index (χ0n) is 9.91. The zero-order chi connectivity index (χ0) is 13.1. The van der Waals surface area contributed by atoms with Gasteiger partial charge >= 0.3 is 5.97 Å². The van der Waals surface area contributed by atoms with Crippen molar-refractivity contribution in [2.75, 3.05) is 0 Å². The SMILES string of the molecule is CCn1cc(Cn2ccc(C(=O)O)cc2=O)cn1. The minimum absolute atomic E-state index is 0.000466. The van der Waals surface area contributed by atoms with Gasteiger partial charge in [0.05, 0.1) is 18.3 Å². The molecule has 2 heterocycles. The van der Waals surface area contributed by atoms with E-state index in [1.54, 1.807) is 10.9 Å². The van der Waals surface area contributed by atoms with E-state index in [0.29, 0.717) is 6.54 Å². The third-order valence-electron chi connectivity index (χ3n) is 2.61. The van der Waals surface area contributed by atoms with E-state index in [4.69, 9.17) is 5.11 Å². The number of rotatable bonds is 4. The monoisotopic (exact) mass is 247 g/mol. The van der Waals surface area contributed by atoms with Gasteiger partial charge in [0.25, 0.3) is 5.56 Å². The van der Waals surface area contributed by atoms with Crippen LogP contribution in [0.4, 0.5) is 0 Å². The van der Waals surface area contributed by atoms with Crippen molar-refractivity contribution in [1.29, 1.82) is 0 Å². The molecule has 0 aliphatic carbocycles. The molecule has 0 spiro atoms. The quantitative estimate of drug-likeness (QED) is 0.867. The minimum atomic E-state index is -1.10. The number of aromatic nitrogens is 3. The molecule has 2 aromatic rings. The van der Waals surface area contributed by atoms with Gasteiger partial charge in [-0.15, -0.1) is 0 Å². The van der Waals surface area contributed by atoms with Crippen molar-refractivity contribution < 1.29 is 9.90 Å². The molecule has 1 N–H and O–H groups in total. The highest BCUT2D eigenvalue weighted by Crippen LogP contribution is 2.01. The molecule has 0 aromatic carbocycles. The van der Waals surface area contributed by atoms with Gasteiger partial charge < -0.3 is 9.67 Å². The van der Waals surface area contributed by atoms with Crippen molar-refractivity contribution in [1.82, 2.24) is 14.3 Å². The van der Waals surface area contributed by atoms with Gasteiger partial charge in [-0.1, -0.05) is 0 Å². The first-order valence-corrected chi connectivity index (χ1v) is 5.55. The number of carboxylic acid groups (broad SMARTS) is 1. The first kappa shape index (κ1) is 12.1. The van der Waals surface area contributed by atoms with E-state index < -0.39 is 5.97 Å². The summed E-state index contributed by atoms with van der Waals surface area (Å²) in [4.78, 5) is 22.4. The maximum absolute atomic E-state index is 11.7.